The van der Waals surface area contributed by atoms with E-state index in [-0.39, 0.29) is 17.5 Å². The number of furan rings is 1. The van der Waals surface area contributed by atoms with Crippen LogP contribution in [0.3, 0.4) is 0 Å². The van der Waals surface area contributed by atoms with Gasteiger partial charge in [-0.25, -0.2) is 4.99 Å². The number of rotatable bonds is 4. The molecule has 0 N–H and O–H groups in total. The number of carbonyl (C=O) groups excluding carboxylic acids is 1. The Morgan fingerprint density at radius 2 is 1.53 bits per heavy atom. The molecule has 0 saturated heterocycles. The number of hydrogen-bond donors (Lipinski definition) is 0. The highest BCUT2D eigenvalue weighted by Gasteiger charge is 2.34. The molecule has 1 amide bonds. The van der Waals surface area contributed by atoms with E-state index in [0.29, 0.717) is 23.4 Å². The van der Waals surface area contributed by atoms with E-state index in [4.69, 9.17) is 4.42 Å². The largest absolute Gasteiger partial charge is 0.436 e. The van der Waals surface area contributed by atoms with Crippen LogP contribution in [0.4, 0.5) is 11.6 Å². The standard InChI is InChI=1S/C27H19N3O2/c1-2-30-22-16-10-9-15-20(22)24(27(30)31)29-26-21(17-28)23(18-11-5-3-6-12-18)25(32-26)19-13-7-4-8-14-19/h3-16H,2H2,1H3. The van der Waals surface area contributed by atoms with Gasteiger partial charge in [0.25, 0.3) is 5.91 Å². The molecule has 0 bridgehead atoms. The molecule has 1 aliphatic heterocycles. The van der Waals surface area contributed by atoms with E-state index in [9.17, 15) is 10.1 Å². The van der Waals surface area contributed by atoms with E-state index in [1.807, 2.05) is 91.9 Å². The second-order valence-corrected chi connectivity index (χ2v) is 7.36. The first-order chi connectivity index (χ1) is 15.7. The Bertz CT molecular complexity index is 1380. The van der Waals surface area contributed by atoms with Crippen LogP contribution in [0.1, 0.15) is 18.1 Å². The van der Waals surface area contributed by atoms with Crippen LogP contribution in [-0.2, 0) is 4.79 Å². The molecule has 0 radical (unpaired) electrons. The second kappa shape index (κ2) is 8.01. The normalized spacial score (nSPS) is 13.9. The maximum absolute atomic E-state index is 13.1. The van der Waals surface area contributed by atoms with Gasteiger partial charge < -0.3 is 9.32 Å². The molecule has 2 heterocycles. The summed E-state index contributed by atoms with van der Waals surface area (Å²) in [6, 6.07) is 29.0. The van der Waals surface area contributed by atoms with Gasteiger partial charge in [0.15, 0.2) is 0 Å². The summed E-state index contributed by atoms with van der Waals surface area (Å²) in [6.07, 6.45) is 0. The smallest absolute Gasteiger partial charge is 0.277 e. The average Bonchev–Trinajstić information content (AvgIpc) is 3.35. The van der Waals surface area contributed by atoms with E-state index in [0.717, 1.165) is 22.4 Å². The van der Waals surface area contributed by atoms with Gasteiger partial charge in [-0.3, -0.25) is 4.79 Å². The van der Waals surface area contributed by atoms with Crippen LogP contribution in [0, 0.1) is 11.3 Å². The molecule has 0 aliphatic carbocycles. The summed E-state index contributed by atoms with van der Waals surface area (Å²) in [4.78, 5) is 19.4. The summed E-state index contributed by atoms with van der Waals surface area (Å²) in [5.41, 5.74) is 4.51. The van der Waals surface area contributed by atoms with E-state index < -0.39 is 0 Å². The molecule has 0 saturated carbocycles. The summed E-state index contributed by atoms with van der Waals surface area (Å²) in [6.45, 7) is 2.45. The lowest BCUT2D eigenvalue weighted by Gasteiger charge is -2.12. The topological polar surface area (TPSA) is 69.6 Å². The molecule has 154 valence electrons. The van der Waals surface area contributed by atoms with Gasteiger partial charge >= 0.3 is 0 Å². The molecule has 5 heteroatoms. The molecule has 4 aromatic rings. The molecule has 1 aliphatic rings. The number of hydrogen-bond acceptors (Lipinski definition) is 4. The van der Waals surface area contributed by atoms with Crippen LogP contribution in [0.15, 0.2) is 94.3 Å². The summed E-state index contributed by atoms with van der Waals surface area (Å²) >= 11 is 0. The van der Waals surface area contributed by atoms with Gasteiger partial charge in [-0.2, -0.15) is 5.26 Å². The number of nitriles is 1. The number of amides is 1. The van der Waals surface area contributed by atoms with E-state index >= 15 is 0 Å². The van der Waals surface area contributed by atoms with Crippen molar-refractivity contribution in [3.8, 4) is 28.5 Å². The molecular formula is C27H19N3O2. The zero-order chi connectivity index (χ0) is 22.1. The molecule has 0 atom stereocenters. The third-order valence-corrected chi connectivity index (χ3v) is 5.53. The maximum Gasteiger partial charge on any atom is 0.277 e. The first-order valence-corrected chi connectivity index (χ1v) is 10.4. The van der Waals surface area contributed by atoms with Crippen LogP contribution in [-0.4, -0.2) is 18.2 Å². The van der Waals surface area contributed by atoms with Gasteiger partial charge in [0, 0.05) is 23.2 Å². The zero-order valence-electron chi connectivity index (χ0n) is 17.4. The van der Waals surface area contributed by atoms with Crippen LogP contribution >= 0.6 is 0 Å². The van der Waals surface area contributed by atoms with Crippen molar-refractivity contribution in [1.82, 2.24) is 0 Å². The van der Waals surface area contributed by atoms with Gasteiger partial charge in [-0.05, 0) is 18.6 Å². The fourth-order valence-electron chi connectivity index (χ4n) is 4.06. The monoisotopic (exact) mass is 417 g/mol. The lowest BCUT2D eigenvalue weighted by Crippen LogP contribution is -2.29. The van der Waals surface area contributed by atoms with Crippen molar-refractivity contribution in [3.05, 3.63) is 96.1 Å². The van der Waals surface area contributed by atoms with Crippen molar-refractivity contribution in [2.75, 3.05) is 11.4 Å². The molecule has 5 rings (SSSR count). The van der Waals surface area contributed by atoms with Crippen molar-refractivity contribution in [3.63, 3.8) is 0 Å². The Morgan fingerprint density at radius 3 is 2.19 bits per heavy atom. The van der Waals surface area contributed by atoms with Crippen LogP contribution in [0.5, 0.6) is 0 Å². The van der Waals surface area contributed by atoms with Gasteiger partial charge in [0.1, 0.15) is 23.1 Å². The quantitative estimate of drug-likeness (QED) is 0.411. The molecule has 1 aromatic heterocycles. The summed E-state index contributed by atoms with van der Waals surface area (Å²) < 4.78 is 6.19. The highest BCUT2D eigenvalue weighted by molar-refractivity contribution is 6.54. The van der Waals surface area contributed by atoms with Gasteiger partial charge in [-0.15, -0.1) is 0 Å². The zero-order valence-corrected chi connectivity index (χ0v) is 17.4. The molecule has 0 fully saturated rings. The van der Waals surface area contributed by atoms with Crippen molar-refractivity contribution in [2.24, 2.45) is 4.99 Å². The SMILES string of the molecule is CCN1C(=O)C(=Nc2oc(-c3ccccc3)c(-c3ccccc3)c2C#N)c2ccccc21. The number of carbonyl (C=O) groups is 1. The fourth-order valence-corrected chi connectivity index (χ4v) is 4.06. The predicted octanol–water partition coefficient (Wildman–Crippen LogP) is 5.97. The van der Waals surface area contributed by atoms with E-state index in [1.165, 1.54) is 0 Å². The Labute approximate surface area is 185 Å². The minimum Gasteiger partial charge on any atom is -0.436 e. The van der Waals surface area contributed by atoms with Crippen LogP contribution < -0.4 is 4.90 Å². The van der Waals surface area contributed by atoms with Crippen molar-refractivity contribution in [2.45, 2.75) is 6.92 Å². The van der Waals surface area contributed by atoms with Crippen molar-refractivity contribution >= 4 is 23.2 Å². The molecule has 32 heavy (non-hydrogen) atoms. The van der Waals surface area contributed by atoms with E-state index in [2.05, 4.69) is 11.1 Å². The van der Waals surface area contributed by atoms with Crippen LogP contribution in [0.2, 0.25) is 0 Å². The van der Waals surface area contributed by atoms with Crippen molar-refractivity contribution in [1.29, 1.82) is 5.26 Å². The number of fused-ring (bicyclic) bond motifs is 1. The summed E-state index contributed by atoms with van der Waals surface area (Å²) in [5.74, 6) is 0.497. The number of nitrogens with zero attached hydrogens (tertiary/aromatic N) is 3. The van der Waals surface area contributed by atoms with Gasteiger partial charge in [0.05, 0.1) is 5.69 Å². The highest BCUT2D eigenvalue weighted by atomic mass is 16.4. The van der Waals surface area contributed by atoms with E-state index in [1.54, 1.807) is 4.90 Å². The fraction of sp³-hybridized carbons (Fsp3) is 0.0741. The van der Waals surface area contributed by atoms with Gasteiger partial charge in [0.2, 0.25) is 5.88 Å². The highest BCUT2D eigenvalue weighted by Crippen LogP contribution is 2.43. The first-order valence-electron chi connectivity index (χ1n) is 10.4. The number of para-hydroxylation sites is 1. The minimum absolute atomic E-state index is 0.140. The predicted molar refractivity (Wildman–Crippen MR) is 125 cm³/mol. The third-order valence-electron chi connectivity index (χ3n) is 5.53. The number of likely N-dealkylation sites (N-methyl/N-ethyl adjacent to an activating group) is 1. The third kappa shape index (κ3) is 3.10. The molecule has 0 spiro atoms. The maximum atomic E-state index is 13.1. The Kier molecular flexibility index (Phi) is 4.89. The number of benzene rings is 3. The lowest BCUT2D eigenvalue weighted by molar-refractivity contribution is -0.112. The Balaban J connectivity index is 1.76. The summed E-state index contributed by atoms with van der Waals surface area (Å²) in [5, 5.41) is 10.1. The molecule has 3 aromatic carbocycles. The lowest BCUT2D eigenvalue weighted by atomic mass is 9.98. The first kappa shape index (κ1) is 19.5. The second-order valence-electron chi connectivity index (χ2n) is 7.36. The van der Waals surface area contributed by atoms with Gasteiger partial charge in [-0.1, -0.05) is 78.9 Å². The molecule has 5 nitrogen and oxygen atoms in total. The molecular weight excluding hydrogens is 398 g/mol. The average molecular weight is 417 g/mol. The number of aliphatic imine (C=N–C) groups is 1. The Morgan fingerprint density at radius 1 is 0.906 bits per heavy atom. The minimum atomic E-state index is -0.198. The Hall–Kier alpha value is -4.43. The van der Waals surface area contributed by atoms with Crippen LogP contribution in [0.25, 0.3) is 22.5 Å². The number of anilines is 1. The molecule has 0 unspecified atom stereocenters. The summed E-state index contributed by atoms with van der Waals surface area (Å²) in [7, 11) is 0. The van der Waals surface area contributed by atoms with Crippen molar-refractivity contribution < 1.29 is 9.21 Å².